The molecule has 0 N–H and O–H groups in total. The van der Waals surface area contributed by atoms with Gasteiger partial charge in [0.25, 0.3) is 5.69 Å². The number of carbonyl (C=O) groups excluding carboxylic acids is 1. The number of nitrogens with zero attached hydrogens (tertiary/aromatic N) is 1. The predicted molar refractivity (Wildman–Crippen MR) is 61.5 cm³/mol. The summed E-state index contributed by atoms with van der Waals surface area (Å²) in [6, 6.07) is 5.77. The van der Waals surface area contributed by atoms with Crippen molar-refractivity contribution in [2.75, 3.05) is 0 Å². The van der Waals surface area contributed by atoms with Crippen LogP contribution in [-0.4, -0.2) is 10.7 Å². The molecule has 1 rings (SSSR count). The second kappa shape index (κ2) is 4.70. The highest BCUT2D eigenvalue weighted by atomic mass is 16.6. The second-order valence-electron chi connectivity index (χ2n) is 3.76. The molecule has 0 saturated carbocycles. The number of ketones is 1. The molecule has 0 aliphatic carbocycles. The number of hydrogen-bond donors (Lipinski definition) is 0. The lowest BCUT2D eigenvalue weighted by Gasteiger charge is -2.03. The fourth-order valence-electron chi connectivity index (χ4n) is 1.20. The number of Topliss-reactive ketones (excluding diaryl/α,β-unsaturated/α-hetero) is 1. The molecule has 1 aromatic rings. The molecule has 0 aromatic heterocycles. The van der Waals surface area contributed by atoms with Gasteiger partial charge in [-0.25, -0.2) is 0 Å². The summed E-state index contributed by atoms with van der Waals surface area (Å²) in [7, 11) is 0. The number of rotatable bonds is 3. The van der Waals surface area contributed by atoms with Crippen LogP contribution < -0.4 is 0 Å². The van der Waals surface area contributed by atoms with Crippen LogP contribution in [0.4, 0.5) is 5.69 Å². The molecule has 4 nitrogen and oxygen atoms in total. The van der Waals surface area contributed by atoms with Gasteiger partial charge in [-0.3, -0.25) is 14.9 Å². The van der Waals surface area contributed by atoms with Crippen LogP contribution in [0.15, 0.2) is 35.4 Å². The lowest BCUT2D eigenvalue weighted by Crippen LogP contribution is -2.02. The van der Waals surface area contributed by atoms with Gasteiger partial charge < -0.3 is 0 Å². The van der Waals surface area contributed by atoms with Gasteiger partial charge in [-0.2, -0.15) is 0 Å². The summed E-state index contributed by atoms with van der Waals surface area (Å²) in [5, 5.41) is 10.6. The van der Waals surface area contributed by atoms with Gasteiger partial charge in [-0.15, -0.1) is 0 Å². The third-order valence-electron chi connectivity index (χ3n) is 2.41. The molecule has 0 aliphatic rings. The fourth-order valence-corrected chi connectivity index (χ4v) is 1.20. The molecule has 0 amide bonds. The largest absolute Gasteiger partial charge is 0.289 e. The van der Waals surface area contributed by atoms with E-state index >= 15 is 0 Å². The van der Waals surface area contributed by atoms with Crippen molar-refractivity contribution in [2.45, 2.75) is 20.8 Å². The fraction of sp³-hybridized carbons (Fsp3) is 0.250. The number of allylic oxidation sites excluding steroid dienone is 2. The van der Waals surface area contributed by atoms with E-state index < -0.39 is 4.92 Å². The molecule has 0 aliphatic heterocycles. The normalized spacial score (nSPS) is 9.69. The maximum atomic E-state index is 11.9. The van der Waals surface area contributed by atoms with Gasteiger partial charge in [0.15, 0.2) is 5.78 Å². The summed E-state index contributed by atoms with van der Waals surface area (Å²) in [6.07, 6.45) is 0. The van der Waals surface area contributed by atoms with Crippen molar-refractivity contribution in [3.05, 3.63) is 51.1 Å². The summed E-state index contributed by atoms with van der Waals surface area (Å²) in [5.74, 6) is -0.163. The maximum absolute atomic E-state index is 11.9. The molecule has 0 heterocycles. The highest BCUT2D eigenvalue weighted by Crippen LogP contribution is 2.17. The van der Waals surface area contributed by atoms with Gasteiger partial charge >= 0.3 is 0 Å². The lowest BCUT2D eigenvalue weighted by molar-refractivity contribution is -0.384. The van der Waals surface area contributed by atoms with E-state index in [1.54, 1.807) is 13.0 Å². The van der Waals surface area contributed by atoms with Crippen molar-refractivity contribution in [3.63, 3.8) is 0 Å². The third kappa shape index (κ3) is 2.53. The Morgan fingerprint density at radius 3 is 2.38 bits per heavy atom. The first-order valence-corrected chi connectivity index (χ1v) is 4.86. The third-order valence-corrected chi connectivity index (χ3v) is 2.41. The number of nitro groups is 1. The van der Waals surface area contributed by atoms with E-state index in [0.717, 1.165) is 5.57 Å². The number of benzene rings is 1. The van der Waals surface area contributed by atoms with Crippen molar-refractivity contribution in [3.8, 4) is 0 Å². The van der Waals surface area contributed by atoms with Gasteiger partial charge in [0.05, 0.1) is 4.92 Å². The van der Waals surface area contributed by atoms with Gasteiger partial charge in [-0.05, 0) is 26.3 Å². The molecule has 0 atom stereocenters. The minimum Gasteiger partial charge on any atom is -0.289 e. The Balaban J connectivity index is 3.16. The van der Waals surface area contributed by atoms with Crippen LogP contribution in [-0.2, 0) is 0 Å². The van der Waals surface area contributed by atoms with E-state index in [1.165, 1.54) is 18.2 Å². The van der Waals surface area contributed by atoms with Gasteiger partial charge in [0.2, 0.25) is 0 Å². The van der Waals surface area contributed by atoms with Crippen LogP contribution in [0.5, 0.6) is 0 Å². The van der Waals surface area contributed by atoms with Gasteiger partial charge in [0.1, 0.15) is 0 Å². The molecule has 84 valence electrons. The van der Waals surface area contributed by atoms with E-state index in [2.05, 4.69) is 0 Å². The first-order valence-electron chi connectivity index (χ1n) is 4.86. The second-order valence-corrected chi connectivity index (χ2v) is 3.76. The molecule has 0 bridgehead atoms. The Hall–Kier alpha value is -1.97. The average molecular weight is 219 g/mol. The van der Waals surface area contributed by atoms with Crippen molar-refractivity contribution in [2.24, 2.45) is 0 Å². The molecule has 1 aromatic carbocycles. The van der Waals surface area contributed by atoms with E-state index in [0.29, 0.717) is 11.1 Å². The minimum absolute atomic E-state index is 0.0626. The molecule has 0 radical (unpaired) electrons. The molecule has 0 spiro atoms. The Labute approximate surface area is 93.7 Å². The van der Waals surface area contributed by atoms with Gasteiger partial charge in [-0.1, -0.05) is 17.7 Å². The van der Waals surface area contributed by atoms with Crippen molar-refractivity contribution < 1.29 is 9.72 Å². The Bertz CT molecular complexity index is 471. The van der Waals surface area contributed by atoms with E-state index in [4.69, 9.17) is 0 Å². The zero-order chi connectivity index (χ0) is 12.3. The van der Waals surface area contributed by atoms with E-state index in [1.807, 2.05) is 13.8 Å². The van der Waals surface area contributed by atoms with Crippen LogP contribution in [0.2, 0.25) is 0 Å². The molecule has 16 heavy (non-hydrogen) atoms. The van der Waals surface area contributed by atoms with Crippen LogP contribution in [0.3, 0.4) is 0 Å². The molecular formula is C12H13NO3. The van der Waals surface area contributed by atoms with Crippen molar-refractivity contribution in [1.29, 1.82) is 0 Å². The minimum atomic E-state index is -0.505. The Morgan fingerprint density at radius 1 is 1.25 bits per heavy atom. The highest BCUT2D eigenvalue weighted by Gasteiger charge is 2.13. The number of hydrogen-bond acceptors (Lipinski definition) is 3. The van der Waals surface area contributed by atoms with Gasteiger partial charge in [0, 0.05) is 17.7 Å². The Morgan fingerprint density at radius 2 is 1.88 bits per heavy atom. The summed E-state index contributed by atoms with van der Waals surface area (Å²) < 4.78 is 0. The zero-order valence-corrected chi connectivity index (χ0v) is 9.48. The maximum Gasteiger partial charge on any atom is 0.270 e. The summed E-state index contributed by atoms with van der Waals surface area (Å²) in [6.45, 7) is 5.39. The van der Waals surface area contributed by atoms with Crippen LogP contribution >= 0.6 is 0 Å². The Kier molecular flexibility index (Phi) is 3.55. The van der Waals surface area contributed by atoms with E-state index in [9.17, 15) is 14.9 Å². The lowest BCUT2D eigenvalue weighted by atomic mass is 10.0. The van der Waals surface area contributed by atoms with Crippen molar-refractivity contribution in [1.82, 2.24) is 0 Å². The van der Waals surface area contributed by atoms with Crippen LogP contribution in [0.1, 0.15) is 31.1 Å². The molecular weight excluding hydrogens is 206 g/mol. The summed E-state index contributed by atoms with van der Waals surface area (Å²) in [4.78, 5) is 21.9. The number of carbonyl (C=O) groups is 1. The standard InChI is InChI=1S/C12H13NO3/c1-8(2)9(3)12(14)10-5-4-6-11(7-10)13(15)16/h4-7H,1-3H3. The van der Waals surface area contributed by atoms with Crippen LogP contribution in [0, 0.1) is 10.1 Å². The molecule has 0 saturated heterocycles. The quantitative estimate of drug-likeness (QED) is 0.339. The SMILES string of the molecule is CC(C)=C(C)C(=O)c1cccc([N+](=O)[O-])c1. The molecule has 0 fully saturated rings. The topological polar surface area (TPSA) is 60.2 Å². The average Bonchev–Trinajstić information content (AvgIpc) is 2.27. The molecule has 4 heteroatoms. The first kappa shape index (κ1) is 12.1. The predicted octanol–water partition coefficient (Wildman–Crippen LogP) is 3.13. The van der Waals surface area contributed by atoms with Crippen molar-refractivity contribution >= 4 is 11.5 Å². The highest BCUT2D eigenvalue weighted by molar-refractivity contribution is 6.08. The zero-order valence-electron chi connectivity index (χ0n) is 9.48. The smallest absolute Gasteiger partial charge is 0.270 e. The summed E-state index contributed by atoms with van der Waals surface area (Å²) >= 11 is 0. The first-order chi connectivity index (χ1) is 7.43. The number of nitro benzene ring substituents is 1. The monoisotopic (exact) mass is 219 g/mol. The number of non-ortho nitro benzene ring substituents is 1. The van der Waals surface area contributed by atoms with Crippen LogP contribution in [0.25, 0.3) is 0 Å². The molecule has 0 unspecified atom stereocenters. The summed E-state index contributed by atoms with van der Waals surface area (Å²) in [5.41, 5.74) is 1.83. The van der Waals surface area contributed by atoms with E-state index in [-0.39, 0.29) is 11.5 Å².